The van der Waals surface area contributed by atoms with Gasteiger partial charge in [0.05, 0.1) is 6.61 Å². The average Bonchev–Trinajstić information content (AvgIpc) is 2.92. The molecular weight excluding hydrogens is 442 g/mol. The normalized spacial score (nSPS) is 13.4. The van der Waals surface area contributed by atoms with Gasteiger partial charge in [-0.3, -0.25) is 14.6 Å². The summed E-state index contributed by atoms with van der Waals surface area (Å²) in [5.41, 5.74) is 3.43. The molecule has 1 aromatic heterocycles. The van der Waals surface area contributed by atoms with Crippen LogP contribution in [0, 0.1) is 0 Å². The smallest absolute Gasteiger partial charge is 0.254 e. The highest BCUT2D eigenvalue weighted by Gasteiger charge is 2.26. The SMILES string of the molecule is CCOc1cc(C(=O)N2CCN(C(=O)c3ccc(CC)cc3)CC2)ccc1OCc1ccncc1. The molecule has 2 amide bonds. The molecule has 1 saturated heterocycles. The van der Waals surface area contributed by atoms with Crippen molar-refractivity contribution >= 4 is 11.8 Å². The molecule has 182 valence electrons. The minimum absolute atomic E-state index is 0.00841. The Morgan fingerprint density at radius 2 is 1.34 bits per heavy atom. The number of benzene rings is 2. The van der Waals surface area contributed by atoms with E-state index in [-0.39, 0.29) is 11.8 Å². The van der Waals surface area contributed by atoms with Crippen LogP contribution in [0.3, 0.4) is 0 Å². The number of aromatic nitrogens is 1. The van der Waals surface area contributed by atoms with Crippen LogP contribution in [0.2, 0.25) is 0 Å². The summed E-state index contributed by atoms with van der Waals surface area (Å²) in [4.78, 5) is 33.6. The molecule has 0 spiro atoms. The maximum Gasteiger partial charge on any atom is 0.254 e. The van der Waals surface area contributed by atoms with Crippen molar-refractivity contribution < 1.29 is 19.1 Å². The summed E-state index contributed by atoms with van der Waals surface area (Å²) in [5.74, 6) is 1.06. The van der Waals surface area contributed by atoms with Crippen molar-refractivity contribution in [1.29, 1.82) is 0 Å². The van der Waals surface area contributed by atoms with E-state index in [1.165, 1.54) is 5.56 Å². The van der Waals surface area contributed by atoms with Crippen molar-refractivity contribution in [2.24, 2.45) is 0 Å². The van der Waals surface area contributed by atoms with Gasteiger partial charge in [0.2, 0.25) is 0 Å². The molecule has 0 unspecified atom stereocenters. The van der Waals surface area contributed by atoms with E-state index in [9.17, 15) is 9.59 Å². The third-order valence-corrected chi connectivity index (χ3v) is 6.10. The summed E-state index contributed by atoms with van der Waals surface area (Å²) >= 11 is 0. The first kappa shape index (κ1) is 24.3. The Morgan fingerprint density at radius 1 is 0.743 bits per heavy atom. The largest absolute Gasteiger partial charge is 0.490 e. The molecule has 3 aromatic rings. The lowest BCUT2D eigenvalue weighted by molar-refractivity contribution is 0.0535. The molecule has 0 radical (unpaired) electrons. The molecule has 7 heteroatoms. The van der Waals surface area contributed by atoms with Gasteiger partial charge >= 0.3 is 0 Å². The van der Waals surface area contributed by atoms with Crippen LogP contribution in [0.1, 0.15) is 45.7 Å². The maximum atomic E-state index is 13.2. The van der Waals surface area contributed by atoms with Crippen LogP contribution in [0.4, 0.5) is 0 Å². The van der Waals surface area contributed by atoms with Gasteiger partial charge in [0, 0.05) is 49.7 Å². The standard InChI is InChI=1S/C28H31N3O4/c1-3-21-5-7-23(8-6-21)27(32)30-15-17-31(18-16-30)28(33)24-9-10-25(26(19-24)34-4-2)35-20-22-11-13-29-14-12-22/h5-14,19H,3-4,15-18,20H2,1-2H3. The van der Waals surface area contributed by atoms with E-state index < -0.39 is 0 Å². The van der Waals surface area contributed by atoms with E-state index >= 15 is 0 Å². The number of amides is 2. The summed E-state index contributed by atoms with van der Waals surface area (Å²) in [6.07, 6.45) is 4.39. The maximum absolute atomic E-state index is 13.2. The van der Waals surface area contributed by atoms with Crippen molar-refractivity contribution in [3.63, 3.8) is 0 Å². The first-order valence-electron chi connectivity index (χ1n) is 12.0. The zero-order valence-electron chi connectivity index (χ0n) is 20.3. The molecule has 4 rings (SSSR count). The van der Waals surface area contributed by atoms with Crippen LogP contribution in [0.15, 0.2) is 67.0 Å². The van der Waals surface area contributed by atoms with Crippen LogP contribution in [0.5, 0.6) is 11.5 Å². The highest BCUT2D eigenvalue weighted by Crippen LogP contribution is 2.30. The molecular formula is C28H31N3O4. The summed E-state index contributed by atoms with van der Waals surface area (Å²) in [5, 5.41) is 0. The van der Waals surface area contributed by atoms with Gasteiger partial charge < -0.3 is 19.3 Å². The lowest BCUT2D eigenvalue weighted by atomic mass is 10.1. The Morgan fingerprint density at radius 3 is 1.94 bits per heavy atom. The number of hydrogen-bond donors (Lipinski definition) is 0. The van der Waals surface area contributed by atoms with Gasteiger partial charge in [-0.15, -0.1) is 0 Å². The second-order valence-electron chi connectivity index (χ2n) is 8.37. The lowest BCUT2D eigenvalue weighted by Gasteiger charge is -2.35. The molecule has 0 bridgehead atoms. The van der Waals surface area contributed by atoms with Crippen LogP contribution >= 0.6 is 0 Å². The van der Waals surface area contributed by atoms with Crippen LogP contribution < -0.4 is 9.47 Å². The number of hydrogen-bond acceptors (Lipinski definition) is 5. The van der Waals surface area contributed by atoms with Gasteiger partial charge in [0.25, 0.3) is 11.8 Å². The molecule has 1 aliphatic rings. The van der Waals surface area contributed by atoms with Crippen molar-refractivity contribution in [3.8, 4) is 11.5 Å². The molecule has 35 heavy (non-hydrogen) atoms. The molecule has 7 nitrogen and oxygen atoms in total. The van der Waals surface area contributed by atoms with E-state index in [4.69, 9.17) is 9.47 Å². The molecule has 0 aliphatic carbocycles. The molecule has 0 N–H and O–H groups in total. The lowest BCUT2D eigenvalue weighted by Crippen LogP contribution is -2.50. The van der Waals surface area contributed by atoms with E-state index in [1.54, 1.807) is 35.5 Å². The third-order valence-electron chi connectivity index (χ3n) is 6.10. The van der Waals surface area contributed by atoms with Gasteiger partial charge in [-0.05, 0) is 66.9 Å². The van der Waals surface area contributed by atoms with Gasteiger partial charge in [-0.2, -0.15) is 0 Å². The summed E-state index contributed by atoms with van der Waals surface area (Å²) in [6.45, 7) is 6.82. The zero-order valence-corrected chi connectivity index (χ0v) is 20.3. The van der Waals surface area contributed by atoms with Gasteiger partial charge in [-0.1, -0.05) is 19.1 Å². The Balaban J connectivity index is 1.38. The van der Waals surface area contributed by atoms with Crippen molar-refractivity contribution in [3.05, 3.63) is 89.2 Å². The van der Waals surface area contributed by atoms with Crippen LogP contribution in [0.25, 0.3) is 0 Å². The second-order valence-corrected chi connectivity index (χ2v) is 8.37. The Hall–Kier alpha value is -3.87. The first-order chi connectivity index (χ1) is 17.1. The highest BCUT2D eigenvalue weighted by atomic mass is 16.5. The monoisotopic (exact) mass is 473 g/mol. The van der Waals surface area contributed by atoms with Gasteiger partial charge in [0.1, 0.15) is 6.61 Å². The number of nitrogens with zero attached hydrogens (tertiary/aromatic N) is 3. The second kappa shape index (κ2) is 11.5. The van der Waals surface area contributed by atoms with E-state index in [0.29, 0.717) is 62.0 Å². The third kappa shape index (κ3) is 5.98. The predicted octanol–water partition coefficient (Wildman–Crippen LogP) is 4.22. The molecule has 1 aliphatic heterocycles. The van der Waals surface area contributed by atoms with Gasteiger partial charge in [0.15, 0.2) is 11.5 Å². The topological polar surface area (TPSA) is 72.0 Å². The average molecular weight is 474 g/mol. The molecule has 0 saturated carbocycles. The molecule has 2 heterocycles. The van der Waals surface area contributed by atoms with Crippen LogP contribution in [-0.2, 0) is 13.0 Å². The molecule has 2 aromatic carbocycles. The Bertz CT molecular complexity index is 1140. The summed E-state index contributed by atoms with van der Waals surface area (Å²) in [6, 6.07) is 16.8. The Labute approximate surface area is 206 Å². The fourth-order valence-electron chi connectivity index (χ4n) is 4.03. The Kier molecular flexibility index (Phi) is 7.98. The number of pyridine rings is 1. The summed E-state index contributed by atoms with van der Waals surface area (Å²) < 4.78 is 11.7. The highest BCUT2D eigenvalue weighted by molar-refractivity contribution is 5.96. The van der Waals surface area contributed by atoms with E-state index in [0.717, 1.165) is 12.0 Å². The minimum Gasteiger partial charge on any atom is -0.490 e. The number of aryl methyl sites for hydroxylation is 1. The first-order valence-corrected chi connectivity index (χ1v) is 12.0. The van der Waals surface area contributed by atoms with E-state index in [1.807, 2.05) is 48.2 Å². The van der Waals surface area contributed by atoms with Crippen molar-refractivity contribution in [2.75, 3.05) is 32.8 Å². The molecule has 1 fully saturated rings. The number of carbonyl (C=O) groups excluding carboxylic acids is 2. The van der Waals surface area contributed by atoms with Crippen LogP contribution in [-0.4, -0.2) is 59.4 Å². The number of piperazine rings is 1. The van der Waals surface area contributed by atoms with Gasteiger partial charge in [-0.25, -0.2) is 0 Å². The van der Waals surface area contributed by atoms with Crippen molar-refractivity contribution in [2.45, 2.75) is 26.9 Å². The number of ether oxygens (including phenoxy) is 2. The number of rotatable bonds is 8. The fourth-order valence-corrected chi connectivity index (χ4v) is 4.03. The number of carbonyl (C=O) groups is 2. The van der Waals surface area contributed by atoms with Crippen molar-refractivity contribution in [1.82, 2.24) is 14.8 Å². The predicted molar refractivity (Wildman–Crippen MR) is 134 cm³/mol. The molecule has 0 atom stereocenters. The summed E-state index contributed by atoms with van der Waals surface area (Å²) in [7, 11) is 0. The quantitative estimate of drug-likeness (QED) is 0.490. The minimum atomic E-state index is -0.0777. The van der Waals surface area contributed by atoms with E-state index in [2.05, 4.69) is 11.9 Å². The fraction of sp³-hybridized carbons (Fsp3) is 0.321. The zero-order chi connectivity index (χ0) is 24.6.